The number of hydrogen-bond donors (Lipinski definition) is 0. The van der Waals surface area contributed by atoms with Crippen LogP contribution in [0.4, 0.5) is 0 Å². The minimum absolute atomic E-state index is 0.216. The molecule has 0 bridgehead atoms. The topological polar surface area (TPSA) is 71.1 Å². The summed E-state index contributed by atoms with van der Waals surface area (Å²) < 4.78 is 22.7. The minimum Gasteiger partial charge on any atom is -0.481 e. The first kappa shape index (κ1) is 27.2. The number of benzene rings is 2. The average molecular weight is 471 g/mol. The summed E-state index contributed by atoms with van der Waals surface area (Å²) in [5, 5.41) is 0. The predicted molar refractivity (Wildman–Crippen MR) is 134 cm³/mol. The van der Waals surface area contributed by atoms with Crippen molar-refractivity contribution in [3.63, 3.8) is 0 Å². The SMILES string of the molecule is Cc1cc(C)c(-c2c(C)cc(C)cc2OCC(=O)OC(C)(C)C)c(OCC(=O)OC(C)(C)C)c1. The molecular weight excluding hydrogens is 432 g/mol. The van der Waals surface area contributed by atoms with E-state index in [0.717, 1.165) is 33.4 Å². The highest BCUT2D eigenvalue weighted by atomic mass is 16.6. The Morgan fingerprint density at radius 1 is 0.618 bits per heavy atom. The fourth-order valence-corrected chi connectivity index (χ4v) is 3.74. The van der Waals surface area contributed by atoms with Crippen molar-refractivity contribution in [2.75, 3.05) is 13.2 Å². The first-order valence-electron chi connectivity index (χ1n) is 11.5. The molecular formula is C28H38O6. The van der Waals surface area contributed by atoms with Gasteiger partial charge in [0.2, 0.25) is 0 Å². The van der Waals surface area contributed by atoms with Gasteiger partial charge < -0.3 is 18.9 Å². The van der Waals surface area contributed by atoms with Crippen LogP contribution in [0.1, 0.15) is 63.8 Å². The number of esters is 2. The summed E-state index contributed by atoms with van der Waals surface area (Å²) in [5.74, 6) is 0.217. The summed E-state index contributed by atoms with van der Waals surface area (Å²) >= 11 is 0. The van der Waals surface area contributed by atoms with E-state index in [1.54, 1.807) is 0 Å². The highest BCUT2D eigenvalue weighted by Gasteiger charge is 2.22. The molecule has 2 rings (SSSR count). The lowest BCUT2D eigenvalue weighted by Gasteiger charge is -2.23. The molecule has 0 N–H and O–H groups in total. The number of aryl methyl sites for hydroxylation is 4. The van der Waals surface area contributed by atoms with Crippen molar-refractivity contribution in [3.8, 4) is 22.6 Å². The normalized spacial score (nSPS) is 11.7. The lowest BCUT2D eigenvalue weighted by atomic mass is 9.92. The third-order valence-electron chi connectivity index (χ3n) is 4.67. The fraction of sp³-hybridized carbons (Fsp3) is 0.500. The van der Waals surface area contributed by atoms with Crippen LogP contribution in [0, 0.1) is 27.7 Å². The number of carbonyl (C=O) groups is 2. The molecule has 0 aliphatic heterocycles. The zero-order chi connectivity index (χ0) is 25.8. The van der Waals surface area contributed by atoms with Gasteiger partial charge in [-0.3, -0.25) is 0 Å². The third-order valence-corrected chi connectivity index (χ3v) is 4.67. The van der Waals surface area contributed by atoms with E-state index < -0.39 is 23.1 Å². The van der Waals surface area contributed by atoms with Gasteiger partial charge in [-0.15, -0.1) is 0 Å². The molecule has 186 valence electrons. The Hall–Kier alpha value is -3.02. The van der Waals surface area contributed by atoms with E-state index in [4.69, 9.17) is 18.9 Å². The first-order chi connectivity index (χ1) is 15.6. The number of carbonyl (C=O) groups excluding carboxylic acids is 2. The van der Waals surface area contributed by atoms with Gasteiger partial charge in [-0.25, -0.2) is 9.59 Å². The van der Waals surface area contributed by atoms with Gasteiger partial charge in [0.1, 0.15) is 22.7 Å². The first-order valence-corrected chi connectivity index (χ1v) is 11.5. The average Bonchev–Trinajstić information content (AvgIpc) is 2.62. The molecule has 0 atom stereocenters. The summed E-state index contributed by atoms with van der Waals surface area (Å²) in [7, 11) is 0. The highest BCUT2D eigenvalue weighted by Crippen LogP contribution is 2.42. The molecule has 0 spiro atoms. The summed E-state index contributed by atoms with van der Waals surface area (Å²) in [5.41, 5.74) is 4.37. The molecule has 0 heterocycles. The van der Waals surface area contributed by atoms with Crippen LogP contribution in [0.25, 0.3) is 11.1 Å². The zero-order valence-electron chi connectivity index (χ0n) is 22.2. The van der Waals surface area contributed by atoms with E-state index >= 15 is 0 Å². The van der Waals surface area contributed by atoms with Gasteiger partial charge in [0.05, 0.1) is 0 Å². The molecule has 0 radical (unpaired) electrons. The standard InChI is InChI=1S/C28H38O6/c1-17-11-19(3)25(21(13-17)31-15-23(29)33-27(5,6)7)26-20(4)12-18(2)14-22(26)32-16-24(30)34-28(8,9)10/h11-14H,15-16H2,1-10H3. The molecule has 6 nitrogen and oxygen atoms in total. The molecule has 2 aromatic carbocycles. The van der Waals surface area contributed by atoms with Crippen molar-refractivity contribution < 1.29 is 28.5 Å². The van der Waals surface area contributed by atoms with Crippen molar-refractivity contribution in [2.45, 2.75) is 80.4 Å². The number of ether oxygens (including phenoxy) is 4. The molecule has 2 aromatic rings. The second kappa shape index (κ2) is 10.5. The second-order valence-electron chi connectivity index (χ2n) is 10.7. The Morgan fingerprint density at radius 3 is 1.24 bits per heavy atom. The maximum atomic E-state index is 12.3. The molecule has 0 unspecified atom stereocenters. The largest absolute Gasteiger partial charge is 0.481 e. The molecule has 0 aliphatic rings. The Kier molecular flexibility index (Phi) is 8.40. The molecule has 0 saturated carbocycles. The van der Waals surface area contributed by atoms with Crippen molar-refractivity contribution in [1.29, 1.82) is 0 Å². The smallest absolute Gasteiger partial charge is 0.344 e. The molecule has 34 heavy (non-hydrogen) atoms. The van der Waals surface area contributed by atoms with Crippen molar-refractivity contribution in [3.05, 3.63) is 46.5 Å². The summed E-state index contributed by atoms with van der Waals surface area (Å²) in [6, 6.07) is 7.88. The van der Waals surface area contributed by atoms with E-state index in [2.05, 4.69) is 0 Å². The minimum atomic E-state index is -0.595. The second-order valence-corrected chi connectivity index (χ2v) is 10.7. The van der Waals surface area contributed by atoms with Crippen molar-refractivity contribution >= 4 is 11.9 Å². The van der Waals surface area contributed by atoms with Crippen LogP contribution < -0.4 is 9.47 Å². The maximum Gasteiger partial charge on any atom is 0.344 e. The molecule has 0 amide bonds. The van der Waals surface area contributed by atoms with Crippen LogP contribution >= 0.6 is 0 Å². The summed E-state index contributed by atoms with van der Waals surface area (Å²) in [6.45, 7) is 18.4. The van der Waals surface area contributed by atoms with Gasteiger partial charge in [-0.1, -0.05) is 12.1 Å². The number of hydrogen-bond acceptors (Lipinski definition) is 6. The Balaban J connectivity index is 2.46. The van der Waals surface area contributed by atoms with Crippen LogP contribution in [0.3, 0.4) is 0 Å². The molecule has 0 fully saturated rings. The van der Waals surface area contributed by atoms with Gasteiger partial charge >= 0.3 is 11.9 Å². The molecule has 6 heteroatoms. The highest BCUT2D eigenvalue weighted by molar-refractivity contribution is 5.83. The van der Waals surface area contributed by atoms with Crippen LogP contribution in [-0.4, -0.2) is 36.4 Å². The fourth-order valence-electron chi connectivity index (χ4n) is 3.74. The third kappa shape index (κ3) is 8.08. The van der Waals surface area contributed by atoms with Crippen molar-refractivity contribution in [2.24, 2.45) is 0 Å². The summed E-state index contributed by atoms with van der Waals surface area (Å²) in [4.78, 5) is 24.6. The maximum absolute atomic E-state index is 12.3. The van der Waals surface area contributed by atoms with Gasteiger partial charge in [0, 0.05) is 11.1 Å². The van der Waals surface area contributed by atoms with Gasteiger partial charge in [-0.05, 0) is 104 Å². The Labute approximate surface area is 203 Å². The van der Waals surface area contributed by atoms with Crippen LogP contribution in [-0.2, 0) is 19.1 Å². The quantitative estimate of drug-likeness (QED) is 0.460. The lowest BCUT2D eigenvalue weighted by molar-refractivity contribution is -0.158. The van der Waals surface area contributed by atoms with Gasteiger partial charge in [-0.2, -0.15) is 0 Å². The zero-order valence-corrected chi connectivity index (χ0v) is 22.2. The summed E-state index contributed by atoms with van der Waals surface area (Å²) in [6.07, 6.45) is 0. The molecule has 0 saturated heterocycles. The van der Waals surface area contributed by atoms with E-state index in [-0.39, 0.29) is 13.2 Å². The van der Waals surface area contributed by atoms with E-state index in [9.17, 15) is 9.59 Å². The molecule has 0 aliphatic carbocycles. The van der Waals surface area contributed by atoms with Crippen molar-refractivity contribution in [1.82, 2.24) is 0 Å². The van der Waals surface area contributed by atoms with E-state index in [1.807, 2.05) is 93.5 Å². The molecule has 0 aromatic heterocycles. The van der Waals surface area contributed by atoms with Crippen LogP contribution in [0.2, 0.25) is 0 Å². The predicted octanol–water partition coefficient (Wildman–Crippen LogP) is 6.03. The monoisotopic (exact) mass is 470 g/mol. The van der Waals surface area contributed by atoms with Gasteiger partial charge in [0.15, 0.2) is 13.2 Å². The van der Waals surface area contributed by atoms with Crippen LogP contribution in [0.15, 0.2) is 24.3 Å². The Morgan fingerprint density at radius 2 is 0.941 bits per heavy atom. The lowest BCUT2D eigenvalue weighted by Crippen LogP contribution is -2.27. The number of rotatable bonds is 7. The Bertz CT molecular complexity index is 969. The van der Waals surface area contributed by atoms with Gasteiger partial charge in [0.25, 0.3) is 0 Å². The van der Waals surface area contributed by atoms with Crippen LogP contribution in [0.5, 0.6) is 11.5 Å². The van der Waals surface area contributed by atoms with E-state index in [1.165, 1.54) is 0 Å². The van der Waals surface area contributed by atoms with E-state index in [0.29, 0.717) is 11.5 Å².